The monoisotopic (exact) mass is 475 g/mol. The predicted molar refractivity (Wildman–Crippen MR) is 128 cm³/mol. The molecule has 34 heavy (non-hydrogen) atoms. The first-order valence-electron chi connectivity index (χ1n) is 12.1. The van der Waals surface area contributed by atoms with Gasteiger partial charge in [0.15, 0.2) is 0 Å². The molecule has 186 valence electrons. The van der Waals surface area contributed by atoms with E-state index in [9.17, 15) is 18.0 Å². The van der Waals surface area contributed by atoms with Gasteiger partial charge in [-0.05, 0) is 86.9 Å². The maximum Gasteiger partial charge on any atom is 0.416 e. The number of esters is 1. The molecular weight excluding hydrogens is 439 g/mol. The lowest BCUT2D eigenvalue weighted by molar-refractivity contribution is -0.162. The molecule has 0 N–H and O–H groups in total. The van der Waals surface area contributed by atoms with Gasteiger partial charge in [0.25, 0.3) is 0 Å². The van der Waals surface area contributed by atoms with Crippen molar-refractivity contribution in [2.24, 2.45) is 17.8 Å². The van der Waals surface area contributed by atoms with Crippen LogP contribution in [-0.2, 0) is 22.1 Å². The van der Waals surface area contributed by atoms with Crippen LogP contribution in [0.3, 0.4) is 0 Å². The van der Waals surface area contributed by atoms with E-state index >= 15 is 0 Å². The Morgan fingerprint density at radius 1 is 1.12 bits per heavy atom. The molecule has 2 aromatic carbocycles. The maximum atomic E-state index is 13.4. The summed E-state index contributed by atoms with van der Waals surface area (Å²) < 4.78 is 45.6. The molecule has 0 heterocycles. The number of likely N-dealkylation sites (N-methyl/N-ethyl adjacent to an activating group) is 1. The molecule has 1 aliphatic carbocycles. The minimum atomic E-state index is -4.42. The number of alkyl halides is 3. The second-order valence-corrected chi connectivity index (χ2v) is 10.2. The molecule has 1 saturated carbocycles. The fraction of sp³-hybridized carbons (Fsp3) is 0.536. The van der Waals surface area contributed by atoms with Crippen molar-refractivity contribution in [2.45, 2.75) is 64.8 Å². The van der Waals surface area contributed by atoms with Crippen LogP contribution < -0.4 is 0 Å². The number of benzene rings is 2. The maximum absolute atomic E-state index is 13.4. The average molecular weight is 476 g/mol. The van der Waals surface area contributed by atoms with Crippen molar-refractivity contribution in [2.75, 3.05) is 14.1 Å². The highest BCUT2D eigenvalue weighted by molar-refractivity contribution is 5.78. The minimum absolute atomic E-state index is 0.202. The second-order valence-electron chi connectivity index (χ2n) is 10.2. The van der Waals surface area contributed by atoms with Crippen molar-refractivity contribution in [1.29, 1.82) is 0 Å². The number of ether oxygens (including phenoxy) is 1. The van der Waals surface area contributed by atoms with E-state index in [1.165, 1.54) is 11.6 Å². The Morgan fingerprint density at radius 2 is 1.79 bits per heavy atom. The molecule has 1 fully saturated rings. The first-order chi connectivity index (χ1) is 16.0. The number of carbonyl (C=O) groups is 1. The summed E-state index contributed by atoms with van der Waals surface area (Å²) in [6.07, 6.45) is -0.790. The molecule has 2 aromatic rings. The van der Waals surface area contributed by atoms with Gasteiger partial charge in [-0.1, -0.05) is 56.7 Å². The molecule has 1 aliphatic rings. The number of hydrogen-bond donors (Lipinski definition) is 0. The Labute approximate surface area is 201 Å². The summed E-state index contributed by atoms with van der Waals surface area (Å²) in [7, 11) is 3.50. The van der Waals surface area contributed by atoms with Gasteiger partial charge in [-0.2, -0.15) is 13.2 Å². The minimum Gasteiger partial charge on any atom is -0.461 e. The van der Waals surface area contributed by atoms with Gasteiger partial charge in [-0.15, -0.1) is 0 Å². The molecular formula is C28H36F3NO2. The third kappa shape index (κ3) is 6.41. The summed E-state index contributed by atoms with van der Waals surface area (Å²) in [5, 5.41) is 0. The summed E-state index contributed by atoms with van der Waals surface area (Å²) in [5.41, 5.74) is 1.53. The zero-order valence-electron chi connectivity index (χ0n) is 20.7. The summed E-state index contributed by atoms with van der Waals surface area (Å²) >= 11 is 0. The van der Waals surface area contributed by atoms with Crippen LogP contribution in [0.25, 0.3) is 0 Å². The largest absolute Gasteiger partial charge is 0.461 e. The lowest BCUT2D eigenvalue weighted by atomic mass is 9.73. The fourth-order valence-electron chi connectivity index (χ4n) is 5.26. The van der Waals surface area contributed by atoms with E-state index in [1.807, 2.05) is 18.2 Å². The number of nitrogens with zero attached hydrogens (tertiary/aromatic N) is 1. The first-order valence-corrected chi connectivity index (χ1v) is 12.1. The molecule has 6 heteroatoms. The molecule has 0 aliphatic heterocycles. The van der Waals surface area contributed by atoms with Gasteiger partial charge in [-0.3, -0.25) is 4.90 Å². The average Bonchev–Trinajstić information content (AvgIpc) is 2.75. The van der Waals surface area contributed by atoms with Crippen LogP contribution in [0, 0.1) is 24.7 Å². The fourth-order valence-corrected chi connectivity index (χ4v) is 5.26. The zero-order chi connectivity index (χ0) is 25.0. The molecule has 5 atom stereocenters. The molecule has 0 amide bonds. The normalized spacial score (nSPS) is 22.9. The van der Waals surface area contributed by atoms with E-state index in [0.717, 1.165) is 37.8 Å². The van der Waals surface area contributed by atoms with Gasteiger partial charge in [0, 0.05) is 0 Å². The van der Waals surface area contributed by atoms with Crippen LogP contribution >= 0.6 is 0 Å². The Kier molecular flexibility index (Phi) is 8.45. The second kappa shape index (κ2) is 10.9. The molecule has 3 rings (SSSR count). The third-order valence-electron chi connectivity index (χ3n) is 7.14. The highest BCUT2D eigenvalue weighted by atomic mass is 19.4. The van der Waals surface area contributed by atoms with Gasteiger partial charge in [0.1, 0.15) is 12.1 Å². The Morgan fingerprint density at radius 3 is 2.38 bits per heavy atom. The number of halogens is 3. The van der Waals surface area contributed by atoms with Gasteiger partial charge >= 0.3 is 12.1 Å². The lowest BCUT2D eigenvalue weighted by Crippen LogP contribution is -2.40. The molecule has 0 spiro atoms. The van der Waals surface area contributed by atoms with E-state index in [0.29, 0.717) is 23.0 Å². The Hall–Kier alpha value is -2.34. The van der Waals surface area contributed by atoms with E-state index in [-0.39, 0.29) is 12.0 Å². The summed E-state index contributed by atoms with van der Waals surface area (Å²) in [6, 6.07) is 13.1. The van der Waals surface area contributed by atoms with Crippen molar-refractivity contribution in [3.05, 3.63) is 70.8 Å². The lowest BCUT2D eigenvalue weighted by Gasteiger charge is -2.39. The molecule has 0 bridgehead atoms. The van der Waals surface area contributed by atoms with Crippen molar-refractivity contribution in [3.8, 4) is 0 Å². The van der Waals surface area contributed by atoms with E-state index in [1.54, 1.807) is 25.9 Å². The van der Waals surface area contributed by atoms with Crippen molar-refractivity contribution in [1.82, 2.24) is 4.90 Å². The summed E-state index contributed by atoms with van der Waals surface area (Å²) in [5.74, 6) is 0.655. The third-order valence-corrected chi connectivity index (χ3v) is 7.14. The van der Waals surface area contributed by atoms with E-state index in [2.05, 4.69) is 26.0 Å². The Bertz CT molecular complexity index is 958. The molecule has 3 nitrogen and oxygen atoms in total. The standard InChI is InChI=1S/C28H36F3NO2/c1-18-11-13-23(19(2)16-21-9-7-6-8-10-21)25(15-18)34-27(33)26(32(4)5)24-14-12-22(17-20(24)3)28(29,30)31/h6-10,12,14,17-19,23,25-26H,11,13,15-16H2,1-5H3/t18-,19?,23+,25-,26+/m1/s1. The highest BCUT2D eigenvalue weighted by Gasteiger charge is 2.38. The van der Waals surface area contributed by atoms with Crippen LogP contribution in [-0.4, -0.2) is 31.1 Å². The molecule has 0 aromatic heterocycles. The van der Waals surface area contributed by atoms with Gasteiger partial charge in [0.05, 0.1) is 5.56 Å². The smallest absolute Gasteiger partial charge is 0.416 e. The number of aryl methyl sites for hydroxylation is 1. The topological polar surface area (TPSA) is 29.5 Å². The summed E-state index contributed by atoms with van der Waals surface area (Å²) in [4.78, 5) is 15.1. The van der Waals surface area contributed by atoms with Gasteiger partial charge in [-0.25, -0.2) is 4.79 Å². The number of hydrogen-bond acceptors (Lipinski definition) is 3. The van der Waals surface area contributed by atoms with Crippen LogP contribution in [0.2, 0.25) is 0 Å². The molecule has 1 unspecified atom stereocenters. The van der Waals surface area contributed by atoms with Crippen molar-refractivity contribution < 1.29 is 22.7 Å². The van der Waals surface area contributed by atoms with Crippen LogP contribution in [0.4, 0.5) is 13.2 Å². The summed E-state index contributed by atoms with van der Waals surface area (Å²) in [6.45, 7) is 6.02. The molecule has 0 saturated heterocycles. The van der Waals surface area contributed by atoms with Gasteiger partial charge in [0.2, 0.25) is 0 Å². The van der Waals surface area contributed by atoms with Crippen LogP contribution in [0.5, 0.6) is 0 Å². The number of rotatable bonds is 7. The zero-order valence-corrected chi connectivity index (χ0v) is 20.7. The quantitative estimate of drug-likeness (QED) is 0.411. The Balaban J connectivity index is 1.80. The van der Waals surface area contributed by atoms with Crippen molar-refractivity contribution in [3.63, 3.8) is 0 Å². The van der Waals surface area contributed by atoms with E-state index in [4.69, 9.17) is 4.74 Å². The SMILES string of the molecule is Cc1cc(C(F)(F)F)ccc1[C@@H](C(=O)O[C@@H]1C[C@H](C)CC[C@H]1C(C)Cc1ccccc1)N(C)C. The predicted octanol–water partition coefficient (Wildman–Crippen LogP) is 6.84. The highest BCUT2D eigenvalue weighted by Crippen LogP contribution is 2.38. The molecule has 0 radical (unpaired) electrons. The first kappa shape index (κ1) is 26.3. The van der Waals surface area contributed by atoms with Crippen molar-refractivity contribution >= 4 is 5.97 Å². The number of carbonyl (C=O) groups excluding carboxylic acids is 1. The van der Waals surface area contributed by atoms with Gasteiger partial charge < -0.3 is 4.74 Å². The van der Waals surface area contributed by atoms with E-state index < -0.39 is 23.8 Å². The van der Waals surface area contributed by atoms with Crippen LogP contribution in [0.1, 0.15) is 61.4 Å². The van der Waals surface area contributed by atoms with Crippen LogP contribution in [0.15, 0.2) is 48.5 Å².